The molecule has 1 saturated heterocycles. The van der Waals surface area contributed by atoms with Gasteiger partial charge in [0.05, 0.1) is 17.0 Å². The van der Waals surface area contributed by atoms with Gasteiger partial charge in [-0.05, 0) is 55.3 Å². The average molecular weight is 609 g/mol. The minimum Gasteiger partial charge on any atom is -0.435 e. The number of alkyl halides is 1. The highest BCUT2D eigenvalue weighted by atomic mass is 35.5. The largest absolute Gasteiger partial charge is 0.435 e. The molecule has 1 fully saturated rings. The molecule has 0 spiro atoms. The Bertz CT molecular complexity index is 1510. The number of aromatic nitrogens is 3. The number of nitrogens with one attached hydrogen (secondary N) is 2. The fourth-order valence-electron chi connectivity index (χ4n) is 3.73. The molecule has 14 heteroatoms. The first-order valence-electron chi connectivity index (χ1n) is 12.3. The number of ether oxygens (including phenoxy) is 1. The molecule has 4 N–H and O–H groups in total. The van der Waals surface area contributed by atoms with Crippen LogP contribution in [-0.4, -0.2) is 38.4 Å². The Labute approximate surface area is 240 Å². The number of hydrogen-bond donors (Lipinski definition) is 3. The SMILES string of the molecule is FC1CCCNC1.Nc1nccc(-c2cccnc2Oc2cc(F)c(NS(=O)Cc3ccc(Cl)cc3)c(F)c2F)n1. The summed E-state index contributed by atoms with van der Waals surface area (Å²) in [7, 11) is -1.95. The molecule has 41 heavy (non-hydrogen) atoms. The van der Waals surface area contributed by atoms with Crippen LogP contribution in [0.25, 0.3) is 11.3 Å². The van der Waals surface area contributed by atoms with Crippen LogP contribution >= 0.6 is 11.6 Å². The second kappa shape index (κ2) is 14.2. The number of nitrogens with zero attached hydrogens (tertiary/aromatic N) is 3. The summed E-state index contributed by atoms with van der Waals surface area (Å²) in [6.45, 7) is 1.57. The van der Waals surface area contributed by atoms with Crippen molar-refractivity contribution in [2.45, 2.75) is 24.8 Å². The number of nitrogens with two attached hydrogens (primary N) is 1. The summed E-state index contributed by atoms with van der Waals surface area (Å²) in [6, 6.07) is 11.7. The minimum absolute atomic E-state index is 0.0161. The summed E-state index contributed by atoms with van der Waals surface area (Å²) >= 11 is 5.80. The number of rotatable bonds is 7. The Kier molecular flexibility index (Phi) is 10.4. The van der Waals surface area contributed by atoms with E-state index in [-0.39, 0.29) is 17.6 Å². The topological polar surface area (TPSA) is 115 Å². The smallest absolute Gasteiger partial charge is 0.228 e. The van der Waals surface area contributed by atoms with Crippen molar-refractivity contribution in [2.75, 3.05) is 23.5 Å². The van der Waals surface area contributed by atoms with Gasteiger partial charge < -0.3 is 15.8 Å². The van der Waals surface area contributed by atoms with E-state index in [9.17, 15) is 21.8 Å². The summed E-state index contributed by atoms with van der Waals surface area (Å²) < 4.78 is 76.1. The van der Waals surface area contributed by atoms with Crippen molar-refractivity contribution in [1.82, 2.24) is 20.3 Å². The third kappa shape index (κ3) is 8.35. The molecule has 0 radical (unpaired) electrons. The first-order valence-corrected chi connectivity index (χ1v) is 14.0. The van der Waals surface area contributed by atoms with Crippen LogP contribution in [0.3, 0.4) is 0 Å². The van der Waals surface area contributed by atoms with E-state index in [1.54, 1.807) is 36.4 Å². The molecule has 0 saturated carbocycles. The van der Waals surface area contributed by atoms with Gasteiger partial charge in [0.1, 0.15) is 22.8 Å². The molecule has 4 aromatic rings. The minimum atomic E-state index is -1.95. The Morgan fingerprint density at radius 3 is 2.54 bits per heavy atom. The molecule has 0 aliphatic carbocycles. The van der Waals surface area contributed by atoms with Crippen LogP contribution in [-0.2, 0) is 16.7 Å². The fraction of sp³-hybridized carbons (Fsp3) is 0.222. The molecular formula is C27H25ClF4N6O2S. The highest BCUT2D eigenvalue weighted by Crippen LogP contribution is 2.35. The Morgan fingerprint density at radius 2 is 1.88 bits per heavy atom. The first kappa shape index (κ1) is 30.2. The maximum absolute atomic E-state index is 14.8. The van der Waals surface area contributed by atoms with Crippen LogP contribution in [0.2, 0.25) is 5.02 Å². The second-order valence-electron chi connectivity index (χ2n) is 8.78. The molecule has 1 aliphatic rings. The van der Waals surface area contributed by atoms with E-state index in [0.29, 0.717) is 34.5 Å². The van der Waals surface area contributed by atoms with E-state index in [1.807, 2.05) is 0 Å². The van der Waals surface area contributed by atoms with E-state index in [0.717, 1.165) is 19.4 Å². The number of halogens is 5. The van der Waals surface area contributed by atoms with Gasteiger partial charge in [-0.25, -0.2) is 32.3 Å². The number of pyridine rings is 1. The van der Waals surface area contributed by atoms with Crippen LogP contribution < -0.4 is 20.5 Å². The molecule has 0 bridgehead atoms. The van der Waals surface area contributed by atoms with Crippen LogP contribution in [0.4, 0.5) is 29.2 Å². The lowest BCUT2D eigenvalue weighted by Crippen LogP contribution is -2.30. The molecule has 216 valence electrons. The zero-order valence-electron chi connectivity index (χ0n) is 21.4. The van der Waals surface area contributed by atoms with Crippen LogP contribution in [0.15, 0.2) is 60.9 Å². The summed E-state index contributed by atoms with van der Waals surface area (Å²) in [4.78, 5) is 11.8. The van der Waals surface area contributed by atoms with E-state index < -0.39 is 46.0 Å². The van der Waals surface area contributed by atoms with Gasteiger partial charge in [0.15, 0.2) is 17.4 Å². The molecular weight excluding hydrogens is 584 g/mol. The predicted molar refractivity (Wildman–Crippen MR) is 150 cm³/mol. The molecule has 2 aromatic carbocycles. The van der Waals surface area contributed by atoms with Gasteiger partial charge in [-0.1, -0.05) is 23.7 Å². The number of benzene rings is 2. The number of piperidine rings is 1. The first-order chi connectivity index (χ1) is 19.7. The highest BCUT2D eigenvalue weighted by molar-refractivity contribution is 7.85. The number of hydrogen-bond acceptors (Lipinski definition) is 7. The van der Waals surface area contributed by atoms with E-state index in [1.165, 1.54) is 18.5 Å². The lowest BCUT2D eigenvalue weighted by atomic mass is 10.1. The van der Waals surface area contributed by atoms with Gasteiger partial charge in [-0.2, -0.15) is 4.39 Å². The molecule has 5 rings (SSSR count). The van der Waals surface area contributed by atoms with Crippen LogP contribution in [0.5, 0.6) is 11.6 Å². The van der Waals surface area contributed by atoms with E-state index in [4.69, 9.17) is 22.1 Å². The Hall–Kier alpha value is -3.81. The standard InChI is InChI=1S/C22H15ClF3N5O2S.C5H10FN/c23-13-5-3-12(4-6-13)11-34(32)31-20-15(24)10-17(18(25)19(20)26)33-21-14(2-1-8-28-21)16-7-9-29-22(27)30-16;6-5-2-1-3-7-4-5/h1-10,31H,11H2,(H2,27,29,30);5,7H,1-4H2. The van der Waals surface area contributed by atoms with Gasteiger partial charge in [0.25, 0.3) is 0 Å². The third-order valence-corrected chi connectivity index (χ3v) is 7.00. The van der Waals surface area contributed by atoms with E-state index in [2.05, 4.69) is 25.0 Å². The molecule has 2 atom stereocenters. The lowest BCUT2D eigenvalue weighted by molar-refractivity contribution is 0.266. The van der Waals surface area contributed by atoms with Crippen molar-refractivity contribution in [1.29, 1.82) is 0 Å². The average Bonchev–Trinajstić information content (AvgIpc) is 2.96. The highest BCUT2D eigenvalue weighted by Gasteiger charge is 2.23. The molecule has 2 unspecified atom stereocenters. The van der Waals surface area contributed by atoms with Gasteiger partial charge >= 0.3 is 0 Å². The molecule has 2 aromatic heterocycles. The zero-order chi connectivity index (χ0) is 29.4. The summed E-state index contributed by atoms with van der Waals surface area (Å²) in [6.07, 6.45) is 3.94. The normalized spacial score (nSPS) is 15.4. The van der Waals surface area contributed by atoms with Crippen molar-refractivity contribution in [3.8, 4) is 22.9 Å². The van der Waals surface area contributed by atoms with Gasteiger partial charge in [-0.3, -0.25) is 4.72 Å². The zero-order valence-corrected chi connectivity index (χ0v) is 23.0. The van der Waals surface area contributed by atoms with Crippen molar-refractivity contribution < 1.29 is 26.5 Å². The molecule has 3 heterocycles. The lowest BCUT2D eigenvalue weighted by Gasteiger charge is -2.14. The van der Waals surface area contributed by atoms with Crippen LogP contribution in [0, 0.1) is 17.5 Å². The van der Waals surface area contributed by atoms with E-state index >= 15 is 0 Å². The summed E-state index contributed by atoms with van der Waals surface area (Å²) in [5.41, 5.74) is 5.92. The van der Waals surface area contributed by atoms with Crippen molar-refractivity contribution in [2.24, 2.45) is 0 Å². The quantitative estimate of drug-likeness (QED) is 0.175. The van der Waals surface area contributed by atoms with Crippen molar-refractivity contribution in [3.63, 3.8) is 0 Å². The Balaban J connectivity index is 0.000000483. The van der Waals surface area contributed by atoms with Gasteiger partial charge in [0, 0.05) is 30.0 Å². The monoisotopic (exact) mass is 608 g/mol. The van der Waals surface area contributed by atoms with Crippen molar-refractivity contribution in [3.05, 3.63) is 89.0 Å². The molecule has 0 amide bonds. The van der Waals surface area contributed by atoms with Crippen LogP contribution in [0.1, 0.15) is 18.4 Å². The third-order valence-electron chi connectivity index (χ3n) is 5.72. The van der Waals surface area contributed by atoms with Crippen molar-refractivity contribution >= 4 is 34.2 Å². The van der Waals surface area contributed by atoms with Gasteiger partial charge in [0.2, 0.25) is 17.6 Å². The second-order valence-corrected chi connectivity index (χ2v) is 10.4. The predicted octanol–water partition coefficient (Wildman–Crippen LogP) is 5.97. The molecule has 1 aliphatic heterocycles. The maximum Gasteiger partial charge on any atom is 0.228 e. The van der Waals surface area contributed by atoms with Gasteiger partial charge in [-0.15, -0.1) is 0 Å². The maximum atomic E-state index is 14.8. The summed E-state index contributed by atoms with van der Waals surface area (Å²) in [5, 5.41) is 3.44. The number of anilines is 2. The fourth-order valence-corrected chi connectivity index (χ4v) is 4.84. The molecule has 8 nitrogen and oxygen atoms in total. The Morgan fingerprint density at radius 1 is 1.10 bits per heavy atom. The summed E-state index contributed by atoms with van der Waals surface area (Å²) in [5.74, 6) is -5.32. The number of nitrogen functional groups attached to an aromatic ring is 1.